The zero-order valence-electron chi connectivity index (χ0n) is 9.88. The Balaban J connectivity index is 2.22. The van der Waals surface area contributed by atoms with E-state index < -0.39 is 0 Å². The molecule has 0 saturated carbocycles. The molecular formula is C11H13ClN4O. The fourth-order valence-corrected chi connectivity index (χ4v) is 1.41. The van der Waals surface area contributed by atoms with Crippen molar-refractivity contribution in [3.63, 3.8) is 0 Å². The molecule has 0 atom stereocenters. The van der Waals surface area contributed by atoms with Gasteiger partial charge in [0.15, 0.2) is 5.75 Å². The Kier molecular flexibility index (Phi) is 3.28. The molecule has 0 aliphatic heterocycles. The second kappa shape index (κ2) is 4.71. The van der Waals surface area contributed by atoms with Crippen LogP contribution in [0.1, 0.15) is 25.5 Å². The molecule has 0 aromatic carbocycles. The molecule has 0 radical (unpaired) electrons. The van der Waals surface area contributed by atoms with Crippen LogP contribution < -0.4 is 4.74 Å². The smallest absolute Gasteiger partial charge is 0.226 e. The summed E-state index contributed by atoms with van der Waals surface area (Å²) < 4.78 is 7.41. The van der Waals surface area contributed by atoms with E-state index in [4.69, 9.17) is 16.3 Å². The van der Waals surface area contributed by atoms with Crippen LogP contribution in [0.25, 0.3) is 0 Å². The molecule has 0 aliphatic rings. The van der Waals surface area contributed by atoms with Crippen molar-refractivity contribution in [1.82, 2.24) is 19.7 Å². The number of rotatable bonds is 3. The minimum atomic E-state index is 0.294. The maximum Gasteiger partial charge on any atom is 0.226 e. The maximum absolute atomic E-state index is 5.88. The van der Waals surface area contributed by atoms with Gasteiger partial charge in [-0.15, -0.1) is 0 Å². The van der Waals surface area contributed by atoms with Crippen molar-refractivity contribution in [2.45, 2.75) is 26.8 Å². The van der Waals surface area contributed by atoms with Gasteiger partial charge in [0, 0.05) is 11.6 Å². The first-order chi connectivity index (χ1) is 8.08. The SMILES string of the molecule is Cc1c(Cl)ncnc1Oc1cnn(C(C)C)c1. The fourth-order valence-electron chi connectivity index (χ4n) is 1.28. The van der Waals surface area contributed by atoms with Gasteiger partial charge in [0.1, 0.15) is 11.5 Å². The summed E-state index contributed by atoms with van der Waals surface area (Å²) in [5, 5.41) is 4.57. The summed E-state index contributed by atoms with van der Waals surface area (Å²) in [6.45, 7) is 5.90. The number of ether oxygens (including phenoxy) is 1. The number of nitrogens with zero attached hydrogens (tertiary/aromatic N) is 4. The van der Waals surface area contributed by atoms with Crippen LogP contribution in [0.4, 0.5) is 0 Å². The molecule has 0 aliphatic carbocycles. The van der Waals surface area contributed by atoms with Crippen molar-refractivity contribution in [2.24, 2.45) is 0 Å². The Labute approximate surface area is 104 Å². The molecule has 90 valence electrons. The lowest BCUT2D eigenvalue weighted by molar-refractivity contribution is 0.454. The highest BCUT2D eigenvalue weighted by atomic mass is 35.5. The number of hydrogen-bond donors (Lipinski definition) is 0. The minimum Gasteiger partial charge on any atom is -0.435 e. The molecule has 6 heteroatoms. The Morgan fingerprint density at radius 3 is 2.76 bits per heavy atom. The first-order valence-corrected chi connectivity index (χ1v) is 5.65. The van der Waals surface area contributed by atoms with E-state index in [1.165, 1.54) is 6.33 Å². The molecule has 2 heterocycles. The van der Waals surface area contributed by atoms with Crippen LogP contribution in [0.3, 0.4) is 0 Å². The van der Waals surface area contributed by atoms with Gasteiger partial charge in [-0.3, -0.25) is 4.68 Å². The molecule has 5 nitrogen and oxygen atoms in total. The molecule has 0 saturated heterocycles. The van der Waals surface area contributed by atoms with Crippen LogP contribution in [0.5, 0.6) is 11.6 Å². The van der Waals surface area contributed by atoms with Gasteiger partial charge >= 0.3 is 0 Å². The van der Waals surface area contributed by atoms with Crippen LogP contribution in [-0.2, 0) is 0 Å². The van der Waals surface area contributed by atoms with Gasteiger partial charge in [-0.1, -0.05) is 11.6 Å². The largest absolute Gasteiger partial charge is 0.435 e. The first-order valence-electron chi connectivity index (χ1n) is 5.27. The molecule has 2 rings (SSSR count). The van der Waals surface area contributed by atoms with Gasteiger partial charge in [-0.05, 0) is 20.8 Å². The van der Waals surface area contributed by atoms with Gasteiger partial charge < -0.3 is 4.74 Å². The van der Waals surface area contributed by atoms with Gasteiger partial charge in [-0.25, -0.2) is 9.97 Å². The third-order valence-electron chi connectivity index (χ3n) is 2.30. The van der Waals surface area contributed by atoms with Crippen LogP contribution in [0.15, 0.2) is 18.7 Å². The van der Waals surface area contributed by atoms with Crippen molar-refractivity contribution in [1.29, 1.82) is 0 Å². The average molecular weight is 253 g/mol. The predicted molar refractivity (Wildman–Crippen MR) is 64.5 cm³/mol. The van der Waals surface area contributed by atoms with E-state index in [0.29, 0.717) is 28.4 Å². The number of halogens is 1. The van der Waals surface area contributed by atoms with Gasteiger partial charge in [0.25, 0.3) is 0 Å². The summed E-state index contributed by atoms with van der Waals surface area (Å²) in [4.78, 5) is 7.90. The average Bonchev–Trinajstić information content (AvgIpc) is 2.73. The van der Waals surface area contributed by atoms with Crippen molar-refractivity contribution in [3.05, 3.63) is 29.4 Å². The molecule has 0 fully saturated rings. The lowest BCUT2D eigenvalue weighted by Crippen LogP contribution is -1.99. The molecular weight excluding hydrogens is 240 g/mol. The Hall–Kier alpha value is -1.62. The zero-order valence-corrected chi connectivity index (χ0v) is 10.6. The summed E-state index contributed by atoms with van der Waals surface area (Å²) >= 11 is 5.88. The summed E-state index contributed by atoms with van der Waals surface area (Å²) in [6.07, 6.45) is 4.84. The van der Waals surface area contributed by atoms with Crippen molar-refractivity contribution < 1.29 is 4.74 Å². The van der Waals surface area contributed by atoms with E-state index >= 15 is 0 Å². The fraction of sp³-hybridized carbons (Fsp3) is 0.364. The Bertz CT molecular complexity index is 524. The van der Waals surface area contributed by atoms with Crippen LogP contribution >= 0.6 is 11.6 Å². The summed E-state index contributed by atoms with van der Waals surface area (Å²) in [5.41, 5.74) is 0.714. The van der Waals surface area contributed by atoms with Gasteiger partial charge in [-0.2, -0.15) is 5.10 Å². The minimum absolute atomic E-state index is 0.294. The normalized spacial score (nSPS) is 10.9. The van der Waals surface area contributed by atoms with Crippen LogP contribution in [0, 0.1) is 6.92 Å². The van der Waals surface area contributed by atoms with E-state index in [1.807, 2.05) is 31.6 Å². The highest BCUT2D eigenvalue weighted by Gasteiger charge is 2.09. The summed E-state index contributed by atoms with van der Waals surface area (Å²) in [7, 11) is 0. The highest BCUT2D eigenvalue weighted by Crippen LogP contribution is 2.25. The second-order valence-electron chi connectivity index (χ2n) is 3.95. The molecule has 0 spiro atoms. The molecule has 17 heavy (non-hydrogen) atoms. The third kappa shape index (κ3) is 2.55. The van der Waals surface area contributed by atoms with Crippen LogP contribution in [0.2, 0.25) is 5.15 Å². The van der Waals surface area contributed by atoms with Crippen LogP contribution in [-0.4, -0.2) is 19.7 Å². The van der Waals surface area contributed by atoms with E-state index in [-0.39, 0.29) is 0 Å². The standard InChI is InChI=1S/C11H13ClN4O/c1-7(2)16-5-9(4-15-16)17-11-8(3)10(12)13-6-14-11/h4-7H,1-3H3. The molecule has 2 aromatic heterocycles. The molecule has 2 aromatic rings. The van der Waals surface area contributed by atoms with Crippen molar-refractivity contribution >= 4 is 11.6 Å². The topological polar surface area (TPSA) is 52.8 Å². The maximum atomic E-state index is 5.88. The monoisotopic (exact) mass is 252 g/mol. The molecule has 0 N–H and O–H groups in total. The first kappa shape index (κ1) is 11.9. The Morgan fingerprint density at radius 1 is 1.35 bits per heavy atom. The molecule has 0 unspecified atom stereocenters. The predicted octanol–water partition coefficient (Wildman–Crippen LogP) is 3.01. The highest BCUT2D eigenvalue weighted by molar-refractivity contribution is 6.30. The summed E-state index contributed by atoms with van der Waals surface area (Å²) in [5.74, 6) is 1.09. The number of hydrogen-bond acceptors (Lipinski definition) is 4. The zero-order chi connectivity index (χ0) is 12.4. The quantitative estimate of drug-likeness (QED) is 0.788. The lowest BCUT2D eigenvalue weighted by atomic mass is 10.4. The van der Waals surface area contributed by atoms with E-state index in [1.54, 1.807) is 6.20 Å². The second-order valence-corrected chi connectivity index (χ2v) is 4.30. The molecule has 0 bridgehead atoms. The molecule has 0 amide bonds. The third-order valence-corrected chi connectivity index (χ3v) is 2.68. The van der Waals surface area contributed by atoms with Crippen molar-refractivity contribution in [2.75, 3.05) is 0 Å². The lowest BCUT2D eigenvalue weighted by Gasteiger charge is -2.06. The number of aromatic nitrogens is 4. The van der Waals surface area contributed by atoms with Gasteiger partial charge in [0.2, 0.25) is 5.88 Å². The van der Waals surface area contributed by atoms with Gasteiger partial charge in [0.05, 0.1) is 12.4 Å². The van der Waals surface area contributed by atoms with E-state index in [0.717, 1.165) is 0 Å². The van der Waals surface area contributed by atoms with E-state index in [2.05, 4.69) is 15.1 Å². The Morgan fingerprint density at radius 2 is 2.12 bits per heavy atom. The summed E-state index contributed by atoms with van der Waals surface area (Å²) in [6, 6.07) is 0.294. The van der Waals surface area contributed by atoms with Crippen molar-refractivity contribution in [3.8, 4) is 11.6 Å². The van der Waals surface area contributed by atoms with E-state index in [9.17, 15) is 0 Å².